The topological polar surface area (TPSA) is 30.9 Å². The van der Waals surface area contributed by atoms with Crippen molar-refractivity contribution in [1.82, 2.24) is 4.67 Å². The van der Waals surface area contributed by atoms with Gasteiger partial charge >= 0.3 is 77.9 Å². The van der Waals surface area contributed by atoms with Crippen LogP contribution in [0.2, 0.25) is 0 Å². The molecule has 5 heteroatoms. The monoisotopic (exact) mass is 205 g/mol. The van der Waals surface area contributed by atoms with E-state index in [9.17, 15) is 0 Å². The van der Waals surface area contributed by atoms with Crippen LogP contribution in [0.15, 0.2) is 11.8 Å². The van der Waals surface area contributed by atoms with E-state index in [4.69, 9.17) is 13.6 Å². The van der Waals surface area contributed by atoms with Gasteiger partial charge in [-0.25, -0.2) is 0 Å². The molecule has 0 aromatic carbocycles. The molecule has 0 radical (unpaired) electrons. The Labute approximate surface area is 78.7 Å². The van der Waals surface area contributed by atoms with E-state index in [0.29, 0.717) is 13.2 Å². The third-order valence-electron chi connectivity index (χ3n) is 2.56. The van der Waals surface area contributed by atoms with E-state index in [1.165, 1.54) is 0 Å². The summed E-state index contributed by atoms with van der Waals surface area (Å²) in [5.41, 5.74) is 0. The Bertz CT molecular complexity index is 258. The molecule has 1 spiro atoms. The Morgan fingerprint density at radius 2 is 1.92 bits per heavy atom. The molecule has 1 saturated heterocycles. The Kier molecular flexibility index (Phi) is 1.93. The molecule has 2 rings (SSSR count). The van der Waals surface area contributed by atoms with Gasteiger partial charge in [0.2, 0.25) is 0 Å². The molecule has 0 atom stereocenters. The molecule has 2 aliphatic heterocycles. The maximum atomic E-state index is 5.83. The van der Waals surface area contributed by atoms with Gasteiger partial charge in [-0.05, 0) is 0 Å². The molecular formula is C8H16NO3P. The first-order chi connectivity index (χ1) is 6.07. The predicted octanol–water partition coefficient (Wildman–Crippen LogP) is 1.74. The van der Waals surface area contributed by atoms with Gasteiger partial charge in [-0.1, -0.05) is 0 Å². The normalized spacial score (nSPS) is 32.6. The van der Waals surface area contributed by atoms with E-state index >= 15 is 0 Å². The van der Waals surface area contributed by atoms with Crippen molar-refractivity contribution in [2.75, 3.05) is 33.5 Å². The van der Waals surface area contributed by atoms with Crippen LogP contribution in [0.25, 0.3) is 0 Å². The van der Waals surface area contributed by atoms with E-state index in [2.05, 4.69) is 0 Å². The molecule has 1 fully saturated rings. The fraction of sp³-hybridized carbons (Fsp3) is 0.750. The van der Waals surface area contributed by atoms with Gasteiger partial charge in [0, 0.05) is 0 Å². The Morgan fingerprint density at radius 3 is 2.31 bits per heavy atom. The first kappa shape index (κ1) is 9.41. The van der Waals surface area contributed by atoms with E-state index in [0.717, 1.165) is 11.9 Å². The summed E-state index contributed by atoms with van der Waals surface area (Å²) in [6, 6.07) is 0. The van der Waals surface area contributed by atoms with Crippen LogP contribution in [0.4, 0.5) is 0 Å². The first-order valence-corrected chi connectivity index (χ1v) is 6.56. The van der Waals surface area contributed by atoms with Crippen molar-refractivity contribution < 1.29 is 13.6 Å². The quantitative estimate of drug-likeness (QED) is 0.610. The molecule has 13 heavy (non-hydrogen) atoms. The minimum atomic E-state index is -2.89. The summed E-state index contributed by atoms with van der Waals surface area (Å²) in [6.07, 6.45) is 2.80. The fourth-order valence-corrected chi connectivity index (χ4v) is 5.24. The van der Waals surface area contributed by atoms with Crippen LogP contribution < -0.4 is 0 Å². The summed E-state index contributed by atoms with van der Waals surface area (Å²) in [4.78, 5) is 0. The molecule has 0 aromatic rings. The summed E-state index contributed by atoms with van der Waals surface area (Å²) in [5.74, 6) is 0.910. The number of nitrogens with zero attached hydrogens (tertiary/aromatic N) is 1. The summed E-state index contributed by atoms with van der Waals surface area (Å²) >= 11 is 0. The standard InChI is InChI=1S/C8H16NO3P/c1-8-4-7-13(12-8,9(2)3)10-5-6-11-13/h4H,5-7H2,1-3H3. The van der Waals surface area contributed by atoms with Crippen LogP contribution in [-0.4, -0.2) is 38.1 Å². The fourth-order valence-electron chi connectivity index (χ4n) is 1.75. The molecule has 0 aromatic heterocycles. The van der Waals surface area contributed by atoms with E-state index in [1.54, 1.807) is 0 Å². The molecule has 0 amide bonds. The predicted molar refractivity (Wildman–Crippen MR) is 52.2 cm³/mol. The summed E-state index contributed by atoms with van der Waals surface area (Å²) in [6.45, 7) is 3.21. The Balaban J connectivity index is 2.33. The van der Waals surface area contributed by atoms with E-state index in [-0.39, 0.29) is 0 Å². The van der Waals surface area contributed by atoms with Crippen molar-refractivity contribution in [2.24, 2.45) is 0 Å². The van der Waals surface area contributed by atoms with Crippen molar-refractivity contribution in [3.63, 3.8) is 0 Å². The number of allylic oxidation sites excluding steroid dienone is 2. The van der Waals surface area contributed by atoms with E-state index < -0.39 is 7.43 Å². The molecular weight excluding hydrogens is 189 g/mol. The second-order valence-electron chi connectivity index (χ2n) is 3.60. The molecule has 4 nitrogen and oxygen atoms in total. The van der Waals surface area contributed by atoms with Crippen LogP contribution in [0.1, 0.15) is 6.92 Å². The van der Waals surface area contributed by atoms with E-state index in [1.807, 2.05) is 31.8 Å². The molecule has 2 aliphatic rings. The van der Waals surface area contributed by atoms with Gasteiger partial charge in [-0.15, -0.1) is 0 Å². The van der Waals surface area contributed by atoms with Crippen LogP contribution >= 0.6 is 7.43 Å². The van der Waals surface area contributed by atoms with Crippen molar-refractivity contribution in [3.05, 3.63) is 11.8 Å². The van der Waals surface area contributed by atoms with Crippen molar-refractivity contribution >= 4 is 7.43 Å². The zero-order valence-corrected chi connectivity index (χ0v) is 9.21. The van der Waals surface area contributed by atoms with Crippen LogP contribution in [0, 0.1) is 0 Å². The minimum absolute atomic E-state index is 0.636. The van der Waals surface area contributed by atoms with Gasteiger partial charge < -0.3 is 0 Å². The summed E-state index contributed by atoms with van der Waals surface area (Å²) in [7, 11) is 1.02. The maximum absolute atomic E-state index is 5.83. The molecule has 0 aliphatic carbocycles. The molecule has 0 saturated carbocycles. The zero-order chi connectivity index (χ0) is 9.55. The van der Waals surface area contributed by atoms with Gasteiger partial charge in [0.05, 0.1) is 0 Å². The van der Waals surface area contributed by atoms with Gasteiger partial charge in [0.1, 0.15) is 0 Å². The SMILES string of the molecule is CC1=CCP2(N(C)C)(OCCO2)O1. The first-order valence-electron chi connectivity index (χ1n) is 4.44. The summed E-state index contributed by atoms with van der Waals surface area (Å²) < 4.78 is 19.4. The Hall–Kier alpha value is -0.150. The molecule has 0 bridgehead atoms. The van der Waals surface area contributed by atoms with Crippen molar-refractivity contribution in [2.45, 2.75) is 6.92 Å². The number of hydrogen-bond donors (Lipinski definition) is 0. The van der Waals surface area contributed by atoms with Crippen molar-refractivity contribution in [1.29, 1.82) is 0 Å². The van der Waals surface area contributed by atoms with Gasteiger partial charge in [-0.3, -0.25) is 0 Å². The van der Waals surface area contributed by atoms with Crippen molar-refractivity contribution in [3.8, 4) is 0 Å². The Morgan fingerprint density at radius 1 is 1.31 bits per heavy atom. The van der Waals surface area contributed by atoms with Crippen LogP contribution in [0.5, 0.6) is 0 Å². The third kappa shape index (κ3) is 1.13. The average Bonchev–Trinajstić information content (AvgIpc) is 2.62. The molecule has 76 valence electrons. The average molecular weight is 205 g/mol. The zero-order valence-electron chi connectivity index (χ0n) is 8.32. The van der Waals surface area contributed by atoms with Gasteiger partial charge in [-0.2, -0.15) is 0 Å². The van der Waals surface area contributed by atoms with Crippen LogP contribution in [0.3, 0.4) is 0 Å². The van der Waals surface area contributed by atoms with Crippen LogP contribution in [-0.2, 0) is 13.6 Å². The summed E-state index contributed by atoms with van der Waals surface area (Å²) in [5, 5.41) is 0. The second kappa shape index (κ2) is 2.67. The van der Waals surface area contributed by atoms with Gasteiger partial charge in [0.15, 0.2) is 0 Å². The second-order valence-corrected chi connectivity index (χ2v) is 7.46. The van der Waals surface area contributed by atoms with Gasteiger partial charge in [0.25, 0.3) is 0 Å². The number of rotatable bonds is 1. The third-order valence-corrected chi connectivity index (χ3v) is 6.92. The molecule has 2 heterocycles. The molecule has 0 unspecified atom stereocenters. The number of hydrogen-bond acceptors (Lipinski definition) is 4. The molecule has 0 N–H and O–H groups in total.